The zero-order valence-electron chi connectivity index (χ0n) is 7.63. The average molecular weight is 195 g/mol. The van der Waals surface area contributed by atoms with Crippen LogP contribution in [-0.2, 0) is 4.79 Å². The van der Waals surface area contributed by atoms with Crippen LogP contribution in [0.15, 0.2) is 30.3 Å². The number of aliphatic hydroxyl groups is 1. The largest absolute Gasteiger partial charge is 0.481 e. The third-order valence-electron chi connectivity index (χ3n) is 1.96. The van der Waals surface area contributed by atoms with Crippen molar-refractivity contribution in [2.45, 2.75) is 18.6 Å². The molecule has 4 N–H and O–H groups in total. The van der Waals surface area contributed by atoms with Crippen LogP contribution in [0.2, 0.25) is 0 Å². The topological polar surface area (TPSA) is 83.6 Å². The number of carboxylic acids is 1. The third-order valence-corrected chi connectivity index (χ3v) is 1.96. The van der Waals surface area contributed by atoms with Crippen LogP contribution < -0.4 is 5.73 Å². The molecule has 0 fully saturated rings. The van der Waals surface area contributed by atoms with Crippen LogP contribution in [0.5, 0.6) is 0 Å². The SMILES string of the molecule is N[C@@H](CC(=O)O)C(O)c1ccccc1. The van der Waals surface area contributed by atoms with E-state index < -0.39 is 18.1 Å². The summed E-state index contributed by atoms with van der Waals surface area (Å²) in [4.78, 5) is 10.4. The highest BCUT2D eigenvalue weighted by Gasteiger charge is 2.18. The Kier molecular flexibility index (Phi) is 3.62. The molecule has 1 aromatic carbocycles. The number of rotatable bonds is 4. The first-order valence-electron chi connectivity index (χ1n) is 4.31. The number of carboxylic acid groups (broad SMARTS) is 1. The fourth-order valence-corrected chi connectivity index (χ4v) is 1.21. The van der Waals surface area contributed by atoms with E-state index in [-0.39, 0.29) is 6.42 Å². The monoisotopic (exact) mass is 195 g/mol. The standard InChI is InChI=1S/C10H13NO3/c11-8(6-9(12)13)10(14)7-4-2-1-3-5-7/h1-5,8,10,14H,6,11H2,(H,12,13)/t8-,10?/m0/s1. The van der Waals surface area contributed by atoms with Gasteiger partial charge in [0, 0.05) is 6.04 Å². The molecule has 0 saturated carbocycles. The van der Waals surface area contributed by atoms with Crippen molar-refractivity contribution in [2.75, 3.05) is 0 Å². The minimum absolute atomic E-state index is 0.240. The molecule has 4 heteroatoms. The second-order valence-electron chi connectivity index (χ2n) is 3.12. The quantitative estimate of drug-likeness (QED) is 0.654. The summed E-state index contributed by atoms with van der Waals surface area (Å²) >= 11 is 0. The molecule has 0 amide bonds. The van der Waals surface area contributed by atoms with Gasteiger partial charge in [-0.2, -0.15) is 0 Å². The van der Waals surface area contributed by atoms with Crippen molar-refractivity contribution in [2.24, 2.45) is 5.73 Å². The van der Waals surface area contributed by atoms with Crippen LogP contribution in [0, 0.1) is 0 Å². The van der Waals surface area contributed by atoms with Gasteiger partial charge in [0.1, 0.15) is 0 Å². The normalized spacial score (nSPS) is 14.7. The first-order valence-corrected chi connectivity index (χ1v) is 4.31. The molecule has 4 nitrogen and oxygen atoms in total. The Hall–Kier alpha value is -1.39. The molecule has 1 aromatic rings. The molecule has 0 aliphatic rings. The third kappa shape index (κ3) is 2.83. The molecule has 14 heavy (non-hydrogen) atoms. The number of hydrogen-bond acceptors (Lipinski definition) is 3. The van der Waals surface area contributed by atoms with Crippen LogP contribution in [-0.4, -0.2) is 22.2 Å². The fourth-order valence-electron chi connectivity index (χ4n) is 1.21. The van der Waals surface area contributed by atoms with Crippen LogP contribution in [0.25, 0.3) is 0 Å². The Labute approximate surface area is 82.0 Å². The number of carbonyl (C=O) groups is 1. The number of benzene rings is 1. The van der Waals surface area contributed by atoms with E-state index in [1.54, 1.807) is 24.3 Å². The van der Waals surface area contributed by atoms with Gasteiger partial charge in [-0.25, -0.2) is 0 Å². The van der Waals surface area contributed by atoms with Crippen LogP contribution in [0.1, 0.15) is 18.1 Å². The molecular weight excluding hydrogens is 182 g/mol. The molecule has 0 saturated heterocycles. The fraction of sp³-hybridized carbons (Fsp3) is 0.300. The number of hydrogen-bond donors (Lipinski definition) is 3. The van der Waals surface area contributed by atoms with Crippen LogP contribution in [0.3, 0.4) is 0 Å². The molecule has 0 aliphatic carbocycles. The van der Waals surface area contributed by atoms with Crippen LogP contribution in [0.4, 0.5) is 0 Å². The smallest absolute Gasteiger partial charge is 0.305 e. The Morgan fingerprint density at radius 2 is 1.93 bits per heavy atom. The van der Waals surface area contributed by atoms with Crippen molar-refractivity contribution in [3.63, 3.8) is 0 Å². The van der Waals surface area contributed by atoms with Gasteiger partial charge in [-0.15, -0.1) is 0 Å². The van der Waals surface area contributed by atoms with Gasteiger partial charge in [0.25, 0.3) is 0 Å². The Balaban J connectivity index is 2.65. The van der Waals surface area contributed by atoms with Gasteiger partial charge >= 0.3 is 5.97 Å². The lowest BCUT2D eigenvalue weighted by Gasteiger charge is -2.17. The van der Waals surface area contributed by atoms with Crippen LogP contribution >= 0.6 is 0 Å². The summed E-state index contributed by atoms with van der Waals surface area (Å²) < 4.78 is 0. The molecular formula is C10H13NO3. The number of aliphatic carboxylic acids is 1. The molecule has 0 aliphatic heterocycles. The second-order valence-corrected chi connectivity index (χ2v) is 3.12. The van der Waals surface area contributed by atoms with Crippen molar-refractivity contribution < 1.29 is 15.0 Å². The molecule has 1 rings (SSSR count). The maximum Gasteiger partial charge on any atom is 0.305 e. The summed E-state index contributed by atoms with van der Waals surface area (Å²) in [5.74, 6) is -1.01. The maximum absolute atomic E-state index is 10.4. The number of nitrogens with two attached hydrogens (primary N) is 1. The maximum atomic E-state index is 10.4. The van der Waals surface area contributed by atoms with Gasteiger partial charge in [0.2, 0.25) is 0 Å². The predicted octanol–water partition coefficient (Wildman–Crippen LogP) is 0.522. The van der Waals surface area contributed by atoms with Gasteiger partial charge in [-0.05, 0) is 5.56 Å². The van der Waals surface area contributed by atoms with E-state index in [9.17, 15) is 9.90 Å². The first kappa shape index (κ1) is 10.7. The minimum Gasteiger partial charge on any atom is -0.481 e. The highest BCUT2D eigenvalue weighted by molar-refractivity contribution is 5.67. The summed E-state index contributed by atoms with van der Waals surface area (Å²) in [5.41, 5.74) is 6.16. The van der Waals surface area contributed by atoms with E-state index in [1.807, 2.05) is 6.07 Å². The van der Waals surface area contributed by atoms with E-state index in [1.165, 1.54) is 0 Å². The van der Waals surface area contributed by atoms with Crippen molar-refractivity contribution in [1.82, 2.24) is 0 Å². The van der Waals surface area contributed by atoms with Gasteiger partial charge in [-0.1, -0.05) is 30.3 Å². The Morgan fingerprint density at radius 3 is 2.43 bits per heavy atom. The van der Waals surface area contributed by atoms with E-state index in [0.717, 1.165) is 0 Å². The highest BCUT2D eigenvalue weighted by atomic mass is 16.4. The molecule has 76 valence electrons. The minimum atomic E-state index is -1.01. The van der Waals surface area contributed by atoms with Gasteiger partial charge < -0.3 is 15.9 Å². The summed E-state index contributed by atoms with van der Waals surface area (Å²) in [7, 11) is 0. The van der Waals surface area contributed by atoms with Crippen molar-refractivity contribution in [3.8, 4) is 0 Å². The lowest BCUT2D eigenvalue weighted by Crippen LogP contribution is -2.30. The van der Waals surface area contributed by atoms with E-state index in [2.05, 4.69) is 0 Å². The molecule has 0 spiro atoms. The zero-order chi connectivity index (χ0) is 10.6. The zero-order valence-corrected chi connectivity index (χ0v) is 7.63. The number of aliphatic hydroxyl groups excluding tert-OH is 1. The lowest BCUT2D eigenvalue weighted by atomic mass is 10.0. The Bertz CT molecular complexity index is 299. The summed E-state index contributed by atoms with van der Waals surface area (Å²) in [6, 6.07) is 8.02. The summed E-state index contributed by atoms with van der Waals surface area (Å²) in [6.07, 6.45) is -1.16. The van der Waals surface area contributed by atoms with Gasteiger partial charge in [-0.3, -0.25) is 4.79 Å². The predicted molar refractivity (Wildman–Crippen MR) is 51.6 cm³/mol. The first-order chi connectivity index (χ1) is 6.61. The van der Waals surface area contributed by atoms with E-state index >= 15 is 0 Å². The lowest BCUT2D eigenvalue weighted by molar-refractivity contribution is -0.138. The van der Waals surface area contributed by atoms with Gasteiger partial charge in [0.05, 0.1) is 12.5 Å². The molecule has 0 heterocycles. The molecule has 0 radical (unpaired) electrons. The molecule has 0 aromatic heterocycles. The second kappa shape index (κ2) is 4.74. The average Bonchev–Trinajstić information content (AvgIpc) is 2.17. The van der Waals surface area contributed by atoms with Crippen molar-refractivity contribution >= 4 is 5.97 Å². The highest BCUT2D eigenvalue weighted by Crippen LogP contribution is 2.16. The Morgan fingerprint density at radius 1 is 1.36 bits per heavy atom. The summed E-state index contributed by atoms with van der Waals surface area (Å²) in [5, 5.41) is 18.1. The summed E-state index contributed by atoms with van der Waals surface area (Å²) in [6.45, 7) is 0. The molecule has 1 unspecified atom stereocenters. The van der Waals surface area contributed by atoms with Crippen molar-refractivity contribution in [3.05, 3.63) is 35.9 Å². The van der Waals surface area contributed by atoms with E-state index in [4.69, 9.17) is 10.8 Å². The van der Waals surface area contributed by atoms with Crippen molar-refractivity contribution in [1.29, 1.82) is 0 Å². The van der Waals surface area contributed by atoms with Gasteiger partial charge in [0.15, 0.2) is 0 Å². The molecule has 0 bridgehead atoms. The molecule has 2 atom stereocenters. The van der Waals surface area contributed by atoms with E-state index in [0.29, 0.717) is 5.56 Å².